The topological polar surface area (TPSA) is 97.2 Å². The highest BCUT2D eigenvalue weighted by Gasteiger charge is 2.35. The van der Waals surface area contributed by atoms with Gasteiger partial charge >= 0.3 is 0 Å². The molecule has 0 aromatic carbocycles. The highest BCUT2D eigenvalue weighted by atomic mass is 79.9. The van der Waals surface area contributed by atoms with E-state index in [1.165, 1.54) is 15.2 Å². The number of hydrogen-bond donors (Lipinski definition) is 1. The van der Waals surface area contributed by atoms with Gasteiger partial charge in [0.1, 0.15) is 10.7 Å². The predicted molar refractivity (Wildman–Crippen MR) is 100.0 cm³/mol. The first kappa shape index (κ1) is 19.0. The normalized spacial score (nSPS) is 18.7. The molecule has 1 atom stereocenters. The SMILES string of the molecule is Cc1c(S(=O)(=O)N2CCC[C@H](C(=O)Nc3ccc(Br)cn3)C2)cnn1C. The largest absolute Gasteiger partial charge is 0.310 e. The Morgan fingerprint density at radius 2 is 2.12 bits per heavy atom. The molecule has 1 aliphatic rings. The van der Waals surface area contributed by atoms with Crippen molar-refractivity contribution in [3.8, 4) is 0 Å². The minimum absolute atomic E-state index is 0.152. The summed E-state index contributed by atoms with van der Waals surface area (Å²) in [6.45, 7) is 2.27. The minimum atomic E-state index is -3.67. The van der Waals surface area contributed by atoms with Crippen molar-refractivity contribution in [1.82, 2.24) is 19.1 Å². The molecule has 10 heteroatoms. The van der Waals surface area contributed by atoms with Gasteiger partial charge in [0.15, 0.2) is 0 Å². The predicted octanol–water partition coefficient (Wildman–Crippen LogP) is 1.93. The van der Waals surface area contributed by atoms with Crippen molar-refractivity contribution in [3.05, 3.63) is 34.7 Å². The summed E-state index contributed by atoms with van der Waals surface area (Å²) in [5.41, 5.74) is 0.579. The maximum Gasteiger partial charge on any atom is 0.246 e. The fourth-order valence-corrected chi connectivity index (χ4v) is 4.87. The van der Waals surface area contributed by atoms with Crippen LogP contribution < -0.4 is 5.32 Å². The Morgan fingerprint density at radius 1 is 1.35 bits per heavy atom. The number of pyridine rings is 1. The second-order valence-corrected chi connectivity index (χ2v) is 9.09. The summed E-state index contributed by atoms with van der Waals surface area (Å²) < 4.78 is 29.5. The summed E-state index contributed by atoms with van der Waals surface area (Å²) in [5.74, 6) is -0.190. The van der Waals surface area contributed by atoms with E-state index in [1.807, 2.05) is 0 Å². The lowest BCUT2D eigenvalue weighted by atomic mass is 9.99. The molecule has 0 radical (unpaired) electrons. The Bertz CT molecular complexity index is 910. The fraction of sp³-hybridized carbons (Fsp3) is 0.438. The molecule has 2 aromatic rings. The molecule has 3 heterocycles. The number of anilines is 1. The molecule has 0 bridgehead atoms. The number of carbonyl (C=O) groups is 1. The maximum absolute atomic E-state index is 12.9. The number of nitrogens with zero attached hydrogens (tertiary/aromatic N) is 4. The van der Waals surface area contributed by atoms with Crippen molar-refractivity contribution >= 4 is 37.7 Å². The fourth-order valence-electron chi connectivity index (χ4n) is 2.92. The number of halogens is 1. The van der Waals surface area contributed by atoms with Gasteiger partial charge in [-0.05, 0) is 47.8 Å². The van der Waals surface area contributed by atoms with Crippen molar-refractivity contribution < 1.29 is 13.2 Å². The highest BCUT2D eigenvalue weighted by Crippen LogP contribution is 2.26. The molecule has 0 aliphatic carbocycles. The number of piperidine rings is 1. The number of aromatic nitrogens is 3. The Kier molecular flexibility index (Phi) is 5.44. The molecular formula is C16H20BrN5O3S. The summed E-state index contributed by atoms with van der Waals surface area (Å²) in [7, 11) is -1.97. The van der Waals surface area contributed by atoms with Gasteiger partial charge in [-0.25, -0.2) is 13.4 Å². The van der Waals surface area contributed by atoms with E-state index in [2.05, 4.69) is 31.3 Å². The number of carbonyl (C=O) groups excluding carboxylic acids is 1. The molecule has 2 aromatic heterocycles. The van der Waals surface area contributed by atoms with Crippen LogP contribution in [0.3, 0.4) is 0 Å². The van der Waals surface area contributed by atoms with Gasteiger partial charge in [-0.3, -0.25) is 9.48 Å². The maximum atomic E-state index is 12.9. The summed E-state index contributed by atoms with van der Waals surface area (Å²) in [5, 5.41) is 6.77. The van der Waals surface area contributed by atoms with Crippen LogP contribution in [0.1, 0.15) is 18.5 Å². The average molecular weight is 442 g/mol. The zero-order chi connectivity index (χ0) is 18.9. The van der Waals surface area contributed by atoms with Gasteiger partial charge in [0.2, 0.25) is 15.9 Å². The van der Waals surface area contributed by atoms with Crippen LogP contribution in [-0.2, 0) is 21.9 Å². The van der Waals surface area contributed by atoms with Crippen LogP contribution in [0.2, 0.25) is 0 Å². The van der Waals surface area contributed by atoms with Crippen LogP contribution in [0.4, 0.5) is 5.82 Å². The van der Waals surface area contributed by atoms with Crippen molar-refractivity contribution in [2.45, 2.75) is 24.7 Å². The molecule has 1 fully saturated rings. The molecule has 0 unspecified atom stereocenters. The Hall–Kier alpha value is -1.78. The van der Waals surface area contributed by atoms with E-state index in [1.54, 1.807) is 32.3 Å². The monoisotopic (exact) mass is 441 g/mol. The van der Waals surface area contributed by atoms with E-state index in [4.69, 9.17) is 0 Å². The van der Waals surface area contributed by atoms with Gasteiger partial charge in [-0.2, -0.15) is 9.40 Å². The van der Waals surface area contributed by atoms with E-state index < -0.39 is 15.9 Å². The van der Waals surface area contributed by atoms with Crippen molar-refractivity contribution in [2.75, 3.05) is 18.4 Å². The first-order chi connectivity index (χ1) is 12.3. The van der Waals surface area contributed by atoms with Gasteiger partial charge in [0.05, 0.1) is 17.8 Å². The zero-order valence-electron chi connectivity index (χ0n) is 14.5. The molecule has 1 N–H and O–H groups in total. The van der Waals surface area contributed by atoms with E-state index >= 15 is 0 Å². The van der Waals surface area contributed by atoms with Gasteiger partial charge in [-0.15, -0.1) is 0 Å². The van der Waals surface area contributed by atoms with Crippen molar-refractivity contribution in [2.24, 2.45) is 13.0 Å². The number of amides is 1. The van der Waals surface area contributed by atoms with Crippen LogP contribution in [0.5, 0.6) is 0 Å². The molecule has 0 saturated carbocycles. The third-order valence-corrected chi connectivity index (χ3v) is 6.98. The Labute approximate surface area is 160 Å². The molecular weight excluding hydrogens is 422 g/mol. The molecule has 140 valence electrons. The lowest BCUT2D eigenvalue weighted by molar-refractivity contribution is -0.120. The summed E-state index contributed by atoms with van der Waals surface area (Å²) in [4.78, 5) is 16.8. The molecule has 8 nitrogen and oxygen atoms in total. The average Bonchev–Trinajstić information content (AvgIpc) is 2.97. The second-order valence-electron chi connectivity index (χ2n) is 6.27. The zero-order valence-corrected chi connectivity index (χ0v) is 16.9. The Morgan fingerprint density at radius 3 is 2.73 bits per heavy atom. The van der Waals surface area contributed by atoms with E-state index in [0.717, 1.165) is 4.47 Å². The minimum Gasteiger partial charge on any atom is -0.310 e. The molecule has 1 aliphatic heterocycles. The van der Waals surface area contributed by atoms with Crippen molar-refractivity contribution in [1.29, 1.82) is 0 Å². The quantitative estimate of drug-likeness (QED) is 0.781. The number of sulfonamides is 1. The van der Waals surface area contributed by atoms with Gasteiger partial charge in [-0.1, -0.05) is 0 Å². The molecule has 0 spiro atoms. The smallest absolute Gasteiger partial charge is 0.246 e. The summed E-state index contributed by atoms with van der Waals surface area (Å²) in [6.07, 6.45) is 4.23. The molecule has 3 rings (SSSR count). The summed E-state index contributed by atoms with van der Waals surface area (Å²) in [6, 6.07) is 3.48. The highest BCUT2D eigenvalue weighted by molar-refractivity contribution is 9.10. The van der Waals surface area contributed by atoms with Gasteiger partial charge < -0.3 is 5.32 Å². The van der Waals surface area contributed by atoms with E-state index in [0.29, 0.717) is 30.9 Å². The number of rotatable bonds is 4. The van der Waals surface area contributed by atoms with Crippen LogP contribution in [0.15, 0.2) is 33.9 Å². The van der Waals surface area contributed by atoms with Crippen molar-refractivity contribution in [3.63, 3.8) is 0 Å². The lowest BCUT2D eigenvalue weighted by Gasteiger charge is -2.31. The van der Waals surface area contributed by atoms with Gasteiger partial charge in [0.25, 0.3) is 0 Å². The third-order valence-electron chi connectivity index (χ3n) is 4.54. The van der Waals surface area contributed by atoms with Crippen LogP contribution in [0, 0.1) is 12.8 Å². The molecule has 26 heavy (non-hydrogen) atoms. The number of hydrogen-bond acceptors (Lipinski definition) is 5. The first-order valence-electron chi connectivity index (χ1n) is 8.20. The van der Waals surface area contributed by atoms with Gasteiger partial charge in [0, 0.05) is 30.8 Å². The lowest BCUT2D eigenvalue weighted by Crippen LogP contribution is -2.43. The first-order valence-corrected chi connectivity index (χ1v) is 10.4. The standard InChI is InChI=1S/C16H20BrN5O3S/c1-11-14(9-19-21(11)2)26(24,25)22-7-3-4-12(10-22)16(23)20-15-6-5-13(17)8-18-15/h5-6,8-9,12H,3-4,7,10H2,1-2H3,(H,18,20,23)/t12-/m0/s1. The molecule has 1 amide bonds. The molecule has 1 saturated heterocycles. The van der Waals surface area contributed by atoms with Crippen LogP contribution >= 0.6 is 15.9 Å². The number of nitrogens with one attached hydrogen (secondary N) is 1. The third kappa shape index (κ3) is 3.81. The Balaban J connectivity index is 1.73. The number of aryl methyl sites for hydroxylation is 1. The van der Waals surface area contributed by atoms with Crippen LogP contribution in [-0.4, -0.2) is 46.5 Å². The van der Waals surface area contributed by atoms with Crippen LogP contribution in [0.25, 0.3) is 0 Å². The van der Waals surface area contributed by atoms with E-state index in [9.17, 15) is 13.2 Å². The summed E-state index contributed by atoms with van der Waals surface area (Å²) >= 11 is 3.29. The van der Waals surface area contributed by atoms with E-state index in [-0.39, 0.29) is 17.3 Å². The second kappa shape index (κ2) is 7.45.